The lowest BCUT2D eigenvalue weighted by atomic mass is 9.92. The summed E-state index contributed by atoms with van der Waals surface area (Å²) < 4.78 is 26.9. The summed E-state index contributed by atoms with van der Waals surface area (Å²) in [6.45, 7) is 5.66. The first kappa shape index (κ1) is 18.4. The van der Waals surface area contributed by atoms with Crippen molar-refractivity contribution >= 4 is 21.6 Å². The molecule has 0 saturated carbocycles. The molecule has 0 aliphatic carbocycles. The van der Waals surface area contributed by atoms with Gasteiger partial charge in [-0.2, -0.15) is 4.31 Å². The summed E-state index contributed by atoms with van der Waals surface area (Å²) in [4.78, 5) is 16.4. The second-order valence-electron chi connectivity index (χ2n) is 7.65. The minimum absolute atomic E-state index is 0.0582. The van der Waals surface area contributed by atoms with Gasteiger partial charge in [0.2, 0.25) is 15.9 Å². The van der Waals surface area contributed by atoms with Crippen LogP contribution >= 0.6 is 0 Å². The summed E-state index contributed by atoms with van der Waals surface area (Å²) in [6, 6.07) is 9.62. The van der Waals surface area contributed by atoms with Gasteiger partial charge >= 0.3 is 0 Å². The highest BCUT2D eigenvalue weighted by Crippen LogP contribution is 2.34. The molecule has 2 aliphatic heterocycles. The smallest absolute Gasteiger partial charge is 0.241 e. The number of benzene rings is 1. The molecule has 1 amide bonds. The lowest BCUT2D eigenvalue weighted by Crippen LogP contribution is -2.64. The van der Waals surface area contributed by atoms with Gasteiger partial charge in [-0.3, -0.25) is 9.69 Å². The van der Waals surface area contributed by atoms with Crippen LogP contribution in [-0.4, -0.2) is 68.0 Å². The fourth-order valence-corrected chi connectivity index (χ4v) is 5.69. The molecule has 1 spiro atoms. The van der Waals surface area contributed by atoms with Gasteiger partial charge in [0.15, 0.2) is 0 Å². The van der Waals surface area contributed by atoms with E-state index in [0.717, 1.165) is 12.1 Å². The highest BCUT2D eigenvalue weighted by atomic mass is 32.2. The third kappa shape index (κ3) is 3.59. The lowest BCUT2D eigenvalue weighted by Gasteiger charge is -2.46. The van der Waals surface area contributed by atoms with Crippen LogP contribution in [0.2, 0.25) is 0 Å². The highest BCUT2D eigenvalue weighted by Gasteiger charge is 2.50. The second kappa shape index (κ2) is 6.70. The molecule has 2 heterocycles. The Hall–Kier alpha value is -1.44. The second-order valence-corrected chi connectivity index (χ2v) is 9.67. The largest absolute Gasteiger partial charge is 0.309 e. The molecular weight excluding hydrogens is 338 g/mol. The van der Waals surface area contributed by atoms with E-state index in [1.165, 1.54) is 0 Å². The summed E-state index contributed by atoms with van der Waals surface area (Å²) in [5, 5.41) is 0. The molecule has 2 fully saturated rings. The maximum Gasteiger partial charge on any atom is 0.241 e. The summed E-state index contributed by atoms with van der Waals surface area (Å²) in [7, 11) is -1.32. The van der Waals surface area contributed by atoms with Gasteiger partial charge < -0.3 is 4.90 Å². The van der Waals surface area contributed by atoms with Crippen molar-refractivity contribution in [3.63, 3.8) is 0 Å². The van der Waals surface area contributed by atoms with E-state index in [9.17, 15) is 13.2 Å². The number of carbonyl (C=O) groups is 1. The van der Waals surface area contributed by atoms with E-state index in [1.807, 2.05) is 56.1 Å². The maximum atomic E-state index is 12.6. The first-order valence-electron chi connectivity index (χ1n) is 8.78. The molecule has 2 saturated heterocycles. The molecule has 1 aromatic rings. The Labute approximate surface area is 150 Å². The van der Waals surface area contributed by atoms with Crippen molar-refractivity contribution in [1.29, 1.82) is 0 Å². The number of sulfonamides is 1. The Balaban J connectivity index is 1.82. The van der Waals surface area contributed by atoms with Crippen LogP contribution in [0, 0.1) is 5.92 Å². The first-order valence-corrected chi connectivity index (χ1v) is 10.4. The van der Waals surface area contributed by atoms with Crippen molar-refractivity contribution in [3.05, 3.63) is 30.3 Å². The van der Waals surface area contributed by atoms with E-state index in [1.54, 1.807) is 9.21 Å². The molecule has 1 aromatic carbocycles. The number of nitrogens with zero attached hydrogens (tertiary/aromatic N) is 3. The number of piperazine rings is 1. The quantitative estimate of drug-likeness (QED) is 0.809. The molecule has 2 aliphatic rings. The maximum absolute atomic E-state index is 12.6. The van der Waals surface area contributed by atoms with Crippen molar-refractivity contribution in [1.82, 2.24) is 9.21 Å². The SMILES string of the molecule is CC(C)CS(=O)(=O)N1CC[C@@]2(CN(c3ccccc3)C(=O)CN2C)C1. The van der Waals surface area contributed by atoms with E-state index in [-0.39, 0.29) is 23.1 Å². The molecule has 0 N–H and O–H groups in total. The third-order valence-corrected chi connectivity index (χ3v) is 7.42. The summed E-state index contributed by atoms with van der Waals surface area (Å²) >= 11 is 0. The van der Waals surface area contributed by atoms with Crippen molar-refractivity contribution in [2.75, 3.05) is 43.9 Å². The van der Waals surface area contributed by atoms with Crippen LogP contribution in [0.5, 0.6) is 0 Å². The van der Waals surface area contributed by atoms with Gasteiger partial charge in [-0.15, -0.1) is 0 Å². The molecule has 1 atom stereocenters. The molecule has 138 valence electrons. The van der Waals surface area contributed by atoms with Crippen molar-refractivity contribution in [3.8, 4) is 0 Å². The lowest BCUT2D eigenvalue weighted by molar-refractivity contribution is -0.123. The normalized spacial score (nSPS) is 26.1. The minimum Gasteiger partial charge on any atom is -0.309 e. The number of carbonyl (C=O) groups excluding carboxylic acids is 1. The van der Waals surface area contributed by atoms with Crippen molar-refractivity contribution in [2.24, 2.45) is 5.92 Å². The molecule has 0 radical (unpaired) electrons. The number of anilines is 1. The Bertz CT molecular complexity index is 735. The molecule has 3 rings (SSSR count). The van der Waals surface area contributed by atoms with Crippen LogP contribution in [0.1, 0.15) is 20.3 Å². The zero-order valence-electron chi connectivity index (χ0n) is 15.2. The molecule has 6 nitrogen and oxygen atoms in total. The number of rotatable bonds is 4. The van der Waals surface area contributed by atoms with Gasteiger partial charge in [0, 0.05) is 25.3 Å². The Morgan fingerprint density at radius 1 is 1.16 bits per heavy atom. The molecule has 0 bridgehead atoms. The molecule has 25 heavy (non-hydrogen) atoms. The third-order valence-electron chi connectivity index (χ3n) is 5.24. The Kier molecular flexibility index (Phi) is 4.92. The fourth-order valence-electron chi connectivity index (χ4n) is 3.83. The van der Waals surface area contributed by atoms with E-state index in [4.69, 9.17) is 0 Å². The predicted molar refractivity (Wildman–Crippen MR) is 99.0 cm³/mol. The topological polar surface area (TPSA) is 60.9 Å². The van der Waals surface area contributed by atoms with Gasteiger partial charge in [0.1, 0.15) is 0 Å². The Morgan fingerprint density at radius 2 is 1.84 bits per heavy atom. The van der Waals surface area contributed by atoms with Gasteiger partial charge in [0.05, 0.1) is 17.8 Å². The van der Waals surface area contributed by atoms with Gasteiger partial charge in [-0.05, 0) is 31.5 Å². The average molecular weight is 365 g/mol. The molecule has 7 heteroatoms. The number of para-hydroxylation sites is 1. The van der Waals surface area contributed by atoms with Crippen molar-refractivity contribution < 1.29 is 13.2 Å². The summed E-state index contributed by atoms with van der Waals surface area (Å²) in [6.07, 6.45) is 0.747. The molecular formula is C18H27N3O3S. The number of hydrogen-bond donors (Lipinski definition) is 0. The van der Waals surface area contributed by atoms with E-state index in [0.29, 0.717) is 26.2 Å². The van der Waals surface area contributed by atoms with Gasteiger partial charge in [-0.25, -0.2) is 8.42 Å². The average Bonchev–Trinajstić information content (AvgIpc) is 2.97. The van der Waals surface area contributed by atoms with Gasteiger partial charge in [0.25, 0.3) is 0 Å². The Morgan fingerprint density at radius 3 is 2.48 bits per heavy atom. The van der Waals surface area contributed by atoms with E-state index >= 15 is 0 Å². The highest BCUT2D eigenvalue weighted by molar-refractivity contribution is 7.89. The summed E-state index contributed by atoms with van der Waals surface area (Å²) in [5.41, 5.74) is 0.567. The van der Waals surface area contributed by atoms with Gasteiger partial charge in [-0.1, -0.05) is 32.0 Å². The number of hydrogen-bond acceptors (Lipinski definition) is 4. The fraction of sp³-hybridized carbons (Fsp3) is 0.611. The van der Waals surface area contributed by atoms with Crippen LogP contribution in [0.25, 0.3) is 0 Å². The van der Waals surface area contributed by atoms with Crippen LogP contribution in [0.3, 0.4) is 0 Å². The number of likely N-dealkylation sites (N-methyl/N-ethyl adjacent to an activating group) is 1. The van der Waals surface area contributed by atoms with Crippen LogP contribution < -0.4 is 4.90 Å². The van der Waals surface area contributed by atoms with Crippen LogP contribution in [0.4, 0.5) is 5.69 Å². The summed E-state index contributed by atoms with van der Waals surface area (Å²) in [5.74, 6) is 0.338. The van der Waals surface area contributed by atoms with E-state index < -0.39 is 10.0 Å². The zero-order chi connectivity index (χ0) is 18.2. The number of amides is 1. The van der Waals surface area contributed by atoms with Crippen molar-refractivity contribution in [2.45, 2.75) is 25.8 Å². The standard InChI is InChI=1S/C18H27N3O3S/c1-15(2)12-25(23,24)20-10-9-18(13-20)14-21(17(22)11-19(18)3)16-7-5-4-6-8-16/h4-8,15H,9-14H2,1-3H3/t18-/m0/s1. The van der Waals surface area contributed by atoms with E-state index in [2.05, 4.69) is 0 Å². The molecule has 0 unspecified atom stereocenters. The zero-order valence-corrected chi connectivity index (χ0v) is 16.0. The van der Waals surface area contributed by atoms with Crippen LogP contribution in [-0.2, 0) is 14.8 Å². The van der Waals surface area contributed by atoms with Crippen LogP contribution in [0.15, 0.2) is 30.3 Å². The molecule has 0 aromatic heterocycles. The first-order chi connectivity index (χ1) is 11.7. The minimum atomic E-state index is -3.25. The predicted octanol–water partition coefficient (Wildman–Crippen LogP) is 1.40. The monoisotopic (exact) mass is 365 g/mol.